The van der Waals surface area contributed by atoms with Crippen LogP contribution in [-0.4, -0.2) is 29.6 Å². The molecule has 1 aromatic carbocycles. The van der Waals surface area contributed by atoms with Gasteiger partial charge in [0.2, 0.25) is 0 Å². The number of nitrogens with two attached hydrogens (primary N) is 1. The van der Waals surface area contributed by atoms with Crippen molar-refractivity contribution in [1.29, 1.82) is 0 Å². The Labute approximate surface area is 132 Å². The van der Waals surface area contributed by atoms with E-state index in [1.54, 1.807) is 0 Å². The largest absolute Gasteiger partial charge is 0.445 e. The highest BCUT2D eigenvalue weighted by Crippen LogP contribution is 2.38. The van der Waals surface area contributed by atoms with Gasteiger partial charge in [0.15, 0.2) is 0 Å². The number of amides is 1. The average Bonchev–Trinajstić information content (AvgIpc) is 2.53. The molecule has 2 N–H and O–H groups in total. The number of fused-ring (bicyclic) bond motifs is 2. The van der Waals surface area contributed by atoms with Crippen LogP contribution in [0.4, 0.5) is 4.79 Å². The number of ether oxygens (including phenoxy) is 1. The van der Waals surface area contributed by atoms with Crippen LogP contribution in [0.2, 0.25) is 0 Å². The van der Waals surface area contributed by atoms with Crippen molar-refractivity contribution in [1.82, 2.24) is 4.90 Å². The Bertz CT molecular complexity index is 477. The summed E-state index contributed by atoms with van der Waals surface area (Å²) in [6, 6.07) is 10.6. The third-order valence-electron chi connectivity index (χ3n) is 5.06. The summed E-state index contributed by atoms with van der Waals surface area (Å²) >= 11 is 0. The monoisotopic (exact) mass is 302 g/mol. The Kier molecular flexibility index (Phi) is 4.98. The molecule has 1 amide bonds. The quantitative estimate of drug-likeness (QED) is 0.928. The summed E-state index contributed by atoms with van der Waals surface area (Å²) in [6.07, 6.45) is 6.58. The van der Waals surface area contributed by atoms with Crippen molar-refractivity contribution in [2.45, 2.75) is 57.2 Å². The molecular formula is C18H26N2O2. The Morgan fingerprint density at radius 2 is 1.86 bits per heavy atom. The fourth-order valence-corrected chi connectivity index (χ4v) is 4.06. The Morgan fingerprint density at radius 3 is 2.50 bits per heavy atom. The van der Waals surface area contributed by atoms with Gasteiger partial charge in [-0.15, -0.1) is 0 Å². The van der Waals surface area contributed by atoms with E-state index in [0.29, 0.717) is 24.6 Å². The predicted octanol–water partition coefficient (Wildman–Crippen LogP) is 3.31. The first kappa shape index (κ1) is 15.3. The second-order valence-electron chi connectivity index (χ2n) is 6.60. The van der Waals surface area contributed by atoms with E-state index in [2.05, 4.69) is 0 Å². The molecule has 0 spiro atoms. The zero-order chi connectivity index (χ0) is 15.4. The number of benzene rings is 1. The van der Waals surface area contributed by atoms with Crippen LogP contribution in [-0.2, 0) is 11.3 Å². The molecule has 2 aliphatic rings. The number of hydrogen-bond acceptors (Lipinski definition) is 3. The van der Waals surface area contributed by atoms with Crippen molar-refractivity contribution in [2.24, 2.45) is 11.7 Å². The molecule has 3 rings (SSSR count). The van der Waals surface area contributed by atoms with E-state index in [9.17, 15) is 4.79 Å². The third-order valence-corrected chi connectivity index (χ3v) is 5.06. The van der Waals surface area contributed by atoms with Gasteiger partial charge in [-0.25, -0.2) is 4.79 Å². The molecule has 120 valence electrons. The van der Waals surface area contributed by atoms with Gasteiger partial charge < -0.3 is 15.4 Å². The van der Waals surface area contributed by atoms with Crippen LogP contribution in [0.5, 0.6) is 0 Å². The second-order valence-corrected chi connectivity index (χ2v) is 6.60. The molecule has 0 aliphatic carbocycles. The van der Waals surface area contributed by atoms with Crippen LogP contribution in [0.25, 0.3) is 0 Å². The molecule has 2 bridgehead atoms. The van der Waals surface area contributed by atoms with Crippen LogP contribution in [0.3, 0.4) is 0 Å². The molecule has 2 aliphatic heterocycles. The topological polar surface area (TPSA) is 55.6 Å². The molecule has 22 heavy (non-hydrogen) atoms. The molecular weight excluding hydrogens is 276 g/mol. The number of carbonyl (C=O) groups excluding carboxylic acids is 1. The summed E-state index contributed by atoms with van der Waals surface area (Å²) < 4.78 is 5.56. The fourth-order valence-electron chi connectivity index (χ4n) is 4.06. The predicted molar refractivity (Wildman–Crippen MR) is 86.3 cm³/mol. The smallest absolute Gasteiger partial charge is 0.410 e. The minimum atomic E-state index is -0.134. The van der Waals surface area contributed by atoms with Gasteiger partial charge in [-0.05, 0) is 56.6 Å². The summed E-state index contributed by atoms with van der Waals surface area (Å²) in [5.74, 6) is 0.679. The van der Waals surface area contributed by atoms with E-state index in [1.165, 1.54) is 6.42 Å². The van der Waals surface area contributed by atoms with E-state index < -0.39 is 0 Å². The van der Waals surface area contributed by atoms with Gasteiger partial charge in [0.1, 0.15) is 6.61 Å². The average molecular weight is 302 g/mol. The Morgan fingerprint density at radius 1 is 1.18 bits per heavy atom. The molecule has 4 nitrogen and oxygen atoms in total. The molecule has 0 radical (unpaired) electrons. The van der Waals surface area contributed by atoms with Crippen LogP contribution < -0.4 is 5.73 Å². The highest BCUT2D eigenvalue weighted by atomic mass is 16.6. The first-order valence-electron chi connectivity index (χ1n) is 8.47. The lowest BCUT2D eigenvalue weighted by Gasteiger charge is -2.48. The first-order chi connectivity index (χ1) is 10.8. The minimum Gasteiger partial charge on any atom is -0.445 e. The number of piperidine rings is 2. The Balaban J connectivity index is 1.60. The number of carbonyl (C=O) groups is 1. The normalized spacial score (nSPS) is 27.5. The summed E-state index contributed by atoms with van der Waals surface area (Å²) in [4.78, 5) is 14.6. The van der Waals surface area contributed by atoms with E-state index in [4.69, 9.17) is 10.5 Å². The number of nitrogens with zero attached hydrogens (tertiary/aromatic N) is 1. The second kappa shape index (κ2) is 7.14. The van der Waals surface area contributed by atoms with Gasteiger partial charge >= 0.3 is 6.09 Å². The highest BCUT2D eigenvalue weighted by molar-refractivity contribution is 5.69. The molecule has 2 fully saturated rings. The first-order valence-corrected chi connectivity index (χ1v) is 8.47. The van der Waals surface area contributed by atoms with Crippen molar-refractivity contribution in [3.8, 4) is 0 Å². The maximum absolute atomic E-state index is 12.5. The highest BCUT2D eigenvalue weighted by Gasteiger charge is 2.41. The molecule has 2 saturated heterocycles. The third kappa shape index (κ3) is 3.43. The fraction of sp³-hybridized carbons (Fsp3) is 0.611. The summed E-state index contributed by atoms with van der Waals surface area (Å²) in [5, 5.41) is 0. The number of hydrogen-bond donors (Lipinski definition) is 1. The zero-order valence-electron chi connectivity index (χ0n) is 13.1. The SMILES string of the molecule is NCCC1CC2CCCC(C1)N2C(=O)OCc1ccccc1. The molecule has 0 aromatic heterocycles. The van der Waals surface area contributed by atoms with Gasteiger partial charge in [-0.3, -0.25) is 0 Å². The lowest BCUT2D eigenvalue weighted by Crippen LogP contribution is -2.55. The maximum atomic E-state index is 12.5. The molecule has 1 aromatic rings. The van der Waals surface area contributed by atoms with Crippen LogP contribution in [0.15, 0.2) is 30.3 Å². The van der Waals surface area contributed by atoms with Gasteiger partial charge in [0.25, 0.3) is 0 Å². The molecule has 4 heteroatoms. The molecule has 2 heterocycles. The van der Waals surface area contributed by atoms with Crippen LogP contribution in [0.1, 0.15) is 44.1 Å². The zero-order valence-corrected chi connectivity index (χ0v) is 13.1. The standard InChI is InChI=1S/C18H26N2O2/c19-10-9-15-11-16-7-4-8-17(12-15)20(16)18(21)22-13-14-5-2-1-3-6-14/h1-3,5-6,15-17H,4,7-13,19H2. The van der Waals surface area contributed by atoms with Gasteiger partial charge in [0, 0.05) is 12.1 Å². The van der Waals surface area contributed by atoms with Crippen molar-refractivity contribution in [3.05, 3.63) is 35.9 Å². The van der Waals surface area contributed by atoms with Gasteiger partial charge in [-0.2, -0.15) is 0 Å². The summed E-state index contributed by atoms with van der Waals surface area (Å²) in [5.41, 5.74) is 6.75. The lowest BCUT2D eigenvalue weighted by molar-refractivity contribution is 0.00231. The van der Waals surface area contributed by atoms with Gasteiger partial charge in [0.05, 0.1) is 0 Å². The van der Waals surface area contributed by atoms with Crippen molar-refractivity contribution >= 4 is 6.09 Å². The van der Waals surface area contributed by atoms with E-state index in [1.807, 2.05) is 35.2 Å². The van der Waals surface area contributed by atoms with E-state index in [-0.39, 0.29) is 6.09 Å². The van der Waals surface area contributed by atoms with Gasteiger partial charge in [-0.1, -0.05) is 30.3 Å². The Hall–Kier alpha value is -1.55. The maximum Gasteiger partial charge on any atom is 0.410 e. The summed E-state index contributed by atoms with van der Waals surface area (Å²) in [7, 11) is 0. The lowest BCUT2D eigenvalue weighted by atomic mass is 9.77. The van der Waals surface area contributed by atoms with Crippen molar-refractivity contribution in [2.75, 3.05) is 6.54 Å². The molecule has 2 atom stereocenters. The minimum absolute atomic E-state index is 0.134. The van der Waals surface area contributed by atoms with Crippen molar-refractivity contribution in [3.63, 3.8) is 0 Å². The summed E-state index contributed by atoms with van der Waals surface area (Å²) in [6.45, 7) is 1.12. The molecule has 2 unspecified atom stereocenters. The molecule has 0 saturated carbocycles. The van der Waals surface area contributed by atoms with Crippen LogP contribution >= 0.6 is 0 Å². The van der Waals surface area contributed by atoms with E-state index in [0.717, 1.165) is 44.2 Å². The number of rotatable bonds is 4. The van der Waals surface area contributed by atoms with Crippen LogP contribution in [0, 0.1) is 5.92 Å². The van der Waals surface area contributed by atoms with Crippen molar-refractivity contribution < 1.29 is 9.53 Å². The van der Waals surface area contributed by atoms with E-state index >= 15 is 0 Å².